The molecule has 1 atom stereocenters. The van der Waals surface area contributed by atoms with Crippen molar-refractivity contribution in [2.45, 2.75) is 12.5 Å². The predicted molar refractivity (Wildman–Crippen MR) is 94.1 cm³/mol. The molecule has 1 aromatic carbocycles. The summed E-state index contributed by atoms with van der Waals surface area (Å²) in [6.07, 6.45) is 2.17. The lowest BCUT2D eigenvalue weighted by Crippen LogP contribution is -2.32. The van der Waals surface area contributed by atoms with Gasteiger partial charge in [0.1, 0.15) is 11.6 Å². The van der Waals surface area contributed by atoms with Crippen LogP contribution in [0.1, 0.15) is 16.8 Å². The summed E-state index contributed by atoms with van der Waals surface area (Å²) in [6.45, 7) is 0. The highest BCUT2D eigenvalue weighted by Crippen LogP contribution is 2.23. The minimum atomic E-state index is -2.96. The lowest BCUT2D eigenvalue weighted by molar-refractivity contribution is 0.102. The van der Waals surface area contributed by atoms with Gasteiger partial charge in [0.25, 0.3) is 5.91 Å². The molecule has 0 aliphatic carbocycles. The van der Waals surface area contributed by atoms with E-state index in [-0.39, 0.29) is 23.1 Å². The van der Waals surface area contributed by atoms with Crippen molar-refractivity contribution >= 4 is 27.2 Å². The zero-order chi connectivity index (χ0) is 18.0. The minimum Gasteiger partial charge on any atom is -0.369 e. The predicted octanol–water partition coefficient (Wildman–Crippen LogP) is 2.10. The molecular formula is C17H18FN3O3S. The number of carbonyl (C=O) groups excluding carboxylic acids is 1. The maximum absolute atomic E-state index is 13.2. The molecule has 8 heteroatoms. The molecule has 1 aliphatic rings. The van der Waals surface area contributed by atoms with E-state index in [2.05, 4.69) is 10.3 Å². The number of pyridine rings is 1. The Morgan fingerprint density at radius 2 is 2.12 bits per heavy atom. The number of hydrogen-bond donors (Lipinski definition) is 1. The van der Waals surface area contributed by atoms with Gasteiger partial charge in [-0.1, -0.05) is 6.07 Å². The molecule has 0 spiro atoms. The molecule has 0 saturated carbocycles. The summed E-state index contributed by atoms with van der Waals surface area (Å²) < 4.78 is 36.4. The average molecular weight is 363 g/mol. The maximum Gasteiger partial charge on any atom is 0.256 e. The van der Waals surface area contributed by atoms with E-state index < -0.39 is 21.6 Å². The van der Waals surface area contributed by atoms with Crippen molar-refractivity contribution in [2.75, 3.05) is 28.8 Å². The van der Waals surface area contributed by atoms with Crippen molar-refractivity contribution in [3.8, 4) is 0 Å². The van der Waals surface area contributed by atoms with Crippen LogP contribution in [0, 0.1) is 5.82 Å². The topological polar surface area (TPSA) is 79.4 Å². The van der Waals surface area contributed by atoms with Gasteiger partial charge in [-0.05, 0) is 36.8 Å². The number of sulfone groups is 1. The normalized spacial score (nSPS) is 18.7. The van der Waals surface area contributed by atoms with E-state index in [1.807, 2.05) is 11.9 Å². The Kier molecular flexibility index (Phi) is 4.71. The van der Waals surface area contributed by atoms with E-state index in [1.54, 1.807) is 18.3 Å². The number of amides is 1. The summed E-state index contributed by atoms with van der Waals surface area (Å²) in [5.74, 6) is -0.247. The van der Waals surface area contributed by atoms with Crippen molar-refractivity contribution in [1.82, 2.24) is 4.98 Å². The van der Waals surface area contributed by atoms with Crippen LogP contribution in [0.5, 0.6) is 0 Å². The molecule has 25 heavy (non-hydrogen) atoms. The average Bonchev–Trinajstić information content (AvgIpc) is 2.95. The number of benzene rings is 1. The fourth-order valence-electron chi connectivity index (χ4n) is 2.78. The zero-order valence-corrected chi connectivity index (χ0v) is 14.5. The number of carbonyl (C=O) groups is 1. The third-order valence-electron chi connectivity index (χ3n) is 4.24. The first-order valence-corrected chi connectivity index (χ1v) is 9.62. The van der Waals surface area contributed by atoms with Crippen LogP contribution < -0.4 is 10.2 Å². The van der Waals surface area contributed by atoms with E-state index in [0.29, 0.717) is 12.2 Å². The van der Waals surface area contributed by atoms with Gasteiger partial charge in [0.2, 0.25) is 0 Å². The smallest absolute Gasteiger partial charge is 0.256 e. The second-order valence-electron chi connectivity index (χ2n) is 6.03. The first-order valence-electron chi connectivity index (χ1n) is 7.80. The van der Waals surface area contributed by atoms with Crippen molar-refractivity contribution in [3.05, 3.63) is 54.0 Å². The summed E-state index contributed by atoms with van der Waals surface area (Å²) in [7, 11) is -1.13. The molecule has 1 saturated heterocycles. The summed E-state index contributed by atoms with van der Waals surface area (Å²) in [5, 5.41) is 2.60. The lowest BCUT2D eigenvalue weighted by atomic mass is 10.2. The van der Waals surface area contributed by atoms with Gasteiger partial charge in [0.05, 0.1) is 23.4 Å². The third-order valence-corrected chi connectivity index (χ3v) is 5.99. The summed E-state index contributed by atoms with van der Waals surface area (Å²) in [4.78, 5) is 18.1. The molecule has 1 amide bonds. The minimum absolute atomic E-state index is 0.0699. The van der Waals surface area contributed by atoms with E-state index in [0.717, 1.165) is 11.8 Å². The monoisotopic (exact) mass is 363 g/mol. The van der Waals surface area contributed by atoms with Crippen LogP contribution in [-0.4, -0.2) is 43.9 Å². The van der Waals surface area contributed by atoms with Gasteiger partial charge in [-0.15, -0.1) is 0 Å². The first kappa shape index (κ1) is 17.3. The number of anilines is 2. The lowest BCUT2D eigenvalue weighted by Gasteiger charge is -2.25. The molecule has 1 aliphatic heterocycles. The van der Waals surface area contributed by atoms with Crippen molar-refractivity contribution < 1.29 is 17.6 Å². The molecule has 2 heterocycles. The third kappa shape index (κ3) is 4.14. The Balaban J connectivity index is 1.67. The Morgan fingerprint density at radius 1 is 1.32 bits per heavy atom. The number of nitrogens with one attached hydrogen (secondary N) is 1. The van der Waals surface area contributed by atoms with E-state index in [9.17, 15) is 17.6 Å². The summed E-state index contributed by atoms with van der Waals surface area (Å²) >= 11 is 0. The second kappa shape index (κ2) is 6.79. The molecular weight excluding hydrogens is 345 g/mol. The number of nitrogens with zero attached hydrogens (tertiary/aromatic N) is 2. The van der Waals surface area contributed by atoms with Gasteiger partial charge < -0.3 is 10.2 Å². The Bertz CT molecular complexity index is 884. The van der Waals surface area contributed by atoms with Crippen LogP contribution >= 0.6 is 0 Å². The molecule has 0 bridgehead atoms. The quantitative estimate of drug-likeness (QED) is 0.900. The largest absolute Gasteiger partial charge is 0.369 e. The van der Waals surface area contributed by atoms with Crippen LogP contribution in [0.15, 0.2) is 42.6 Å². The molecule has 1 aromatic heterocycles. The van der Waals surface area contributed by atoms with Crippen molar-refractivity contribution in [3.63, 3.8) is 0 Å². The number of halogens is 1. The Morgan fingerprint density at radius 3 is 2.72 bits per heavy atom. The molecule has 1 N–H and O–H groups in total. The van der Waals surface area contributed by atoms with Crippen LogP contribution in [0.3, 0.4) is 0 Å². The Labute approximate surface area is 145 Å². The highest BCUT2D eigenvalue weighted by Gasteiger charge is 2.30. The molecule has 1 fully saturated rings. The van der Waals surface area contributed by atoms with Gasteiger partial charge in [0, 0.05) is 18.7 Å². The van der Waals surface area contributed by atoms with Gasteiger partial charge in [-0.2, -0.15) is 0 Å². The maximum atomic E-state index is 13.2. The van der Waals surface area contributed by atoms with E-state index in [1.165, 1.54) is 18.2 Å². The van der Waals surface area contributed by atoms with Crippen LogP contribution in [0.25, 0.3) is 0 Å². The molecule has 1 unspecified atom stereocenters. The van der Waals surface area contributed by atoms with Gasteiger partial charge >= 0.3 is 0 Å². The van der Waals surface area contributed by atoms with Crippen molar-refractivity contribution in [1.29, 1.82) is 0 Å². The molecule has 3 rings (SSSR count). The van der Waals surface area contributed by atoms with Gasteiger partial charge in [0.15, 0.2) is 9.84 Å². The zero-order valence-electron chi connectivity index (χ0n) is 13.6. The molecule has 132 valence electrons. The standard InChI is InChI=1S/C17H18FN3O3S/c1-21(15-7-8-25(23,24)11-15)14-5-6-16(19-10-14)20-17(22)12-3-2-4-13(18)9-12/h2-6,9-10,15H,7-8,11H2,1H3,(H,19,20,22). The van der Waals surface area contributed by atoms with Crippen LogP contribution in [-0.2, 0) is 9.84 Å². The van der Waals surface area contributed by atoms with E-state index >= 15 is 0 Å². The number of rotatable bonds is 4. The van der Waals surface area contributed by atoms with Gasteiger partial charge in [-0.3, -0.25) is 4.79 Å². The fraction of sp³-hybridized carbons (Fsp3) is 0.294. The summed E-state index contributed by atoms with van der Waals surface area (Å²) in [6, 6.07) is 8.72. The first-order chi connectivity index (χ1) is 11.8. The van der Waals surface area contributed by atoms with Crippen molar-refractivity contribution in [2.24, 2.45) is 0 Å². The van der Waals surface area contributed by atoms with Gasteiger partial charge in [-0.25, -0.2) is 17.8 Å². The SMILES string of the molecule is CN(c1ccc(NC(=O)c2cccc(F)c2)nc1)C1CCS(=O)(=O)C1. The molecule has 0 radical (unpaired) electrons. The number of aromatic nitrogens is 1. The molecule has 2 aromatic rings. The van der Waals surface area contributed by atoms with Crippen LogP contribution in [0.4, 0.5) is 15.9 Å². The highest BCUT2D eigenvalue weighted by atomic mass is 32.2. The van der Waals surface area contributed by atoms with Crippen LogP contribution in [0.2, 0.25) is 0 Å². The summed E-state index contributed by atoms with van der Waals surface area (Å²) in [5.41, 5.74) is 0.977. The van der Waals surface area contributed by atoms with E-state index in [4.69, 9.17) is 0 Å². The molecule has 6 nitrogen and oxygen atoms in total. The number of hydrogen-bond acceptors (Lipinski definition) is 5. The highest BCUT2D eigenvalue weighted by molar-refractivity contribution is 7.91. The Hall–Kier alpha value is -2.48. The fourth-order valence-corrected chi connectivity index (χ4v) is 4.55. The second-order valence-corrected chi connectivity index (χ2v) is 8.26.